The second-order valence-corrected chi connectivity index (χ2v) is 14.1. The zero-order valence-electron chi connectivity index (χ0n) is 29.3. The number of para-hydroxylation sites is 5. The molecule has 1 aliphatic heterocycles. The fourth-order valence-corrected chi connectivity index (χ4v) is 8.94. The zero-order chi connectivity index (χ0) is 35.8. The van der Waals surface area contributed by atoms with Crippen LogP contribution in [0.4, 0.5) is 5.69 Å². The Hall–Kier alpha value is -7.17. The van der Waals surface area contributed by atoms with E-state index in [9.17, 15) is 0 Å². The van der Waals surface area contributed by atoms with Crippen LogP contribution in [0.1, 0.15) is 22.3 Å². The number of nitrogens with zero attached hydrogens (tertiary/aromatic N) is 2. The second kappa shape index (κ2) is 11.7. The molecule has 1 spiro atoms. The lowest BCUT2D eigenvalue weighted by molar-refractivity contribution is 0.436. The number of anilines is 1. The van der Waals surface area contributed by atoms with Gasteiger partial charge in [0.1, 0.15) is 17.3 Å². The average Bonchev–Trinajstić information content (AvgIpc) is 3.76. The summed E-state index contributed by atoms with van der Waals surface area (Å²) in [5, 5.41) is 0. The minimum atomic E-state index is -0.553. The lowest BCUT2D eigenvalue weighted by Crippen LogP contribution is -2.32. The third-order valence-electron chi connectivity index (χ3n) is 11.2. The Balaban J connectivity index is 1.05. The van der Waals surface area contributed by atoms with Crippen LogP contribution in [0, 0.1) is 0 Å². The first-order valence-electron chi connectivity index (χ1n) is 18.3. The molecule has 0 radical (unpaired) electrons. The maximum Gasteiger partial charge on any atom is 0.145 e. The van der Waals surface area contributed by atoms with Gasteiger partial charge in [-0.25, -0.2) is 4.98 Å². The molecular weight excluding hydrogens is 659 g/mol. The summed E-state index contributed by atoms with van der Waals surface area (Å²) < 4.78 is 8.77. The van der Waals surface area contributed by atoms with Crippen molar-refractivity contribution in [3.05, 3.63) is 210 Å². The van der Waals surface area contributed by atoms with Crippen LogP contribution >= 0.6 is 0 Å². The molecule has 4 heteroatoms. The van der Waals surface area contributed by atoms with Gasteiger partial charge in [0, 0.05) is 33.6 Å². The predicted octanol–water partition coefficient (Wildman–Crippen LogP) is 12.1. The highest BCUT2D eigenvalue weighted by Crippen LogP contribution is 2.63. The lowest BCUT2D eigenvalue weighted by atomic mass is 9.66. The number of imidazole rings is 1. The van der Waals surface area contributed by atoms with Crippen molar-refractivity contribution in [1.82, 2.24) is 9.55 Å². The number of aromatic nitrogens is 2. The van der Waals surface area contributed by atoms with Gasteiger partial charge in [0.15, 0.2) is 0 Å². The van der Waals surface area contributed by atoms with E-state index in [-0.39, 0.29) is 0 Å². The summed E-state index contributed by atoms with van der Waals surface area (Å²) in [6.07, 6.45) is 0. The molecule has 0 atom stereocenters. The van der Waals surface area contributed by atoms with E-state index in [4.69, 9.17) is 15.5 Å². The second-order valence-electron chi connectivity index (χ2n) is 14.1. The van der Waals surface area contributed by atoms with Crippen LogP contribution in [0.5, 0.6) is 11.5 Å². The number of nitrogen functional groups attached to an aromatic ring is 1. The Morgan fingerprint density at radius 2 is 1.04 bits per heavy atom. The van der Waals surface area contributed by atoms with Gasteiger partial charge >= 0.3 is 0 Å². The van der Waals surface area contributed by atoms with Gasteiger partial charge in [-0.15, -0.1) is 0 Å². The van der Waals surface area contributed by atoms with E-state index < -0.39 is 5.41 Å². The van der Waals surface area contributed by atoms with Crippen molar-refractivity contribution < 1.29 is 4.74 Å². The maximum absolute atomic E-state index is 6.90. The molecule has 0 amide bonds. The van der Waals surface area contributed by atoms with Gasteiger partial charge in [-0.05, 0) is 99.6 Å². The monoisotopic (exact) mass is 691 g/mol. The van der Waals surface area contributed by atoms with E-state index in [1.54, 1.807) is 0 Å². The average molecular weight is 692 g/mol. The van der Waals surface area contributed by atoms with Crippen LogP contribution in [-0.4, -0.2) is 9.55 Å². The van der Waals surface area contributed by atoms with E-state index in [0.29, 0.717) is 0 Å². The van der Waals surface area contributed by atoms with Crippen LogP contribution in [0.2, 0.25) is 0 Å². The largest absolute Gasteiger partial charge is 0.457 e. The number of fused-ring (bicyclic) bond motifs is 10. The van der Waals surface area contributed by atoms with Crippen LogP contribution in [0.3, 0.4) is 0 Å². The Kier molecular flexibility index (Phi) is 6.58. The molecule has 4 nitrogen and oxygen atoms in total. The maximum atomic E-state index is 6.90. The molecule has 2 heterocycles. The third-order valence-corrected chi connectivity index (χ3v) is 11.2. The number of hydrogen-bond acceptors (Lipinski definition) is 3. The first-order chi connectivity index (χ1) is 26.7. The van der Waals surface area contributed by atoms with Gasteiger partial charge < -0.3 is 10.5 Å². The Bertz CT molecular complexity index is 2900. The van der Waals surface area contributed by atoms with Gasteiger partial charge in [-0.1, -0.05) is 127 Å². The van der Waals surface area contributed by atoms with Gasteiger partial charge in [0.05, 0.1) is 16.4 Å². The Morgan fingerprint density at radius 1 is 0.463 bits per heavy atom. The van der Waals surface area contributed by atoms with Crippen molar-refractivity contribution in [2.24, 2.45) is 0 Å². The summed E-state index contributed by atoms with van der Waals surface area (Å²) in [4.78, 5) is 5.13. The number of benzene rings is 8. The Morgan fingerprint density at radius 3 is 1.78 bits per heavy atom. The molecule has 0 bridgehead atoms. The highest BCUT2D eigenvalue weighted by atomic mass is 16.5. The summed E-state index contributed by atoms with van der Waals surface area (Å²) in [5.41, 5.74) is 22.8. The number of nitrogens with two attached hydrogens (primary N) is 1. The predicted molar refractivity (Wildman–Crippen MR) is 219 cm³/mol. The number of ether oxygens (including phenoxy) is 1. The number of hydrogen-bond donors (Lipinski definition) is 1. The molecule has 0 unspecified atom stereocenters. The fourth-order valence-electron chi connectivity index (χ4n) is 8.94. The van der Waals surface area contributed by atoms with Crippen LogP contribution < -0.4 is 10.5 Å². The zero-order valence-corrected chi connectivity index (χ0v) is 29.3. The first-order valence-corrected chi connectivity index (χ1v) is 18.3. The van der Waals surface area contributed by atoms with Gasteiger partial charge in [0.2, 0.25) is 0 Å². The normalized spacial score (nSPS) is 13.2. The number of rotatable bonds is 4. The molecule has 1 aromatic heterocycles. The molecule has 2 N–H and O–H groups in total. The third kappa shape index (κ3) is 4.34. The standard InChI is InChI=1S/C50H33N3O/c51-43-22-12-21-42-48(43)38-31-35(27-28-39(38)50(42)40-19-4-8-25-46(40)54-47-26-9-5-20-41(47)50)33-14-10-13-32(29-33)34-15-11-16-36(30-34)49-52-44-23-6-7-24-45(44)53(49)37-17-2-1-3-18-37/h1-31H,51H2. The molecule has 0 saturated carbocycles. The van der Waals surface area contributed by atoms with E-state index in [1.807, 2.05) is 30.3 Å². The summed E-state index contributed by atoms with van der Waals surface area (Å²) in [5.74, 6) is 2.66. The topological polar surface area (TPSA) is 53.1 Å². The van der Waals surface area contributed by atoms with Crippen molar-refractivity contribution >= 4 is 16.7 Å². The smallest absolute Gasteiger partial charge is 0.145 e. The molecule has 1 aliphatic carbocycles. The Labute approximate surface area is 313 Å². The first kappa shape index (κ1) is 30.5. The molecule has 54 heavy (non-hydrogen) atoms. The van der Waals surface area contributed by atoms with E-state index in [0.717, 1.165) is 89.8 Å². The molecule has 11 rings (SSSR count). The highest BCUT2D eigenvalue weighted by Gasteiger charge is 2.51. The van der Waals surface area contributed by atoms with Gasteiger partial charge in [0.25, 0.3) is 0 Å². The van der Waals surface area contributed by atoms with Crippen molar-refractivity contribution in [2.75, 3.05) is 5.73 Å². The van der Waals surface area contributed by atoms with Crippen molar-refractivity contribution in [2.45, 2.75) is 5.41 Å². The van der Waals surface area contributed by atoms with Crippen molar-refractivity contribution in [1.29, 1.82) is 0 Å². The van der Waals surface area contributed by atoms with Crippen LogP contribution in [-0.2, 0) is 5.41 Å². The summed E-state index contributed by atoms with van der Waals surface area (Å²) in [7, 11) is 0. The highest BCUT2D eigenvalue weighted by molar-refractivity contribution is 5.96. The SMILES string of the molecule is Nc1cccc2c1-c1cc(-c3cccc(-c4cccc(-c5nc6ccccc6n5-c5ccccc5)c4)c3)ccc1C21c2ccccc2Oc2ccccc21. The molecule has 9 aromatic rings. The van der Waals surface area contributed by atoms with Crippen LogP contribution in [0.15, 0.2) is 188 Å². The van der Waals surface area contributed by atoms with E-state index >= 15 is 0 Å². The minimum absolute atomic E-state index is 0.553. The fraction of sp³-hybridized carbons (Fsp3) is 0.0200. The quantitative estimate of drug-likeness (QED) is 0.187. The molecule has 2 aliphatic rings. The van der Waals surface area contributed by atoms with E-state index in [2.05, 4.69) is 162 Å². The van der Waals surface area contributed by atoms with Gasteiger partial charge in [-0.3, -0.25) is 4.57 Å². The van der Waals surface area contributed by atoms with Crippen LogP contribution in [0.25, 0.3) is 61.5 Å². The van der Waals surface area contributed by atoms with Crippen molar-refractivity contribution in [3.8, 4) is 62.0 Å². The van der Waals surface area contributed by atoms with Gasteiger partial charge in [-0.2, -0.15) is 0 Å². The van der Waals surface area contributed by atoms with E-state index in [1.165, 1.54) is 11.1 Å². The molecule has 0 fully saturated rings. The molecule has 254 valence electrons. The summed E-state index contributed by atoms with van der Waals surface area (Å²) in [6, 6.07) is 66.4. The summed E-state index contributed by atoms with van der Waals surface area (Å²) in [6.45, 7) is 0. The minimum Gasteiger partial charge on any atom is -0.457 e. The van der Waals surface area contributed by atoms with Crippen molar-refractivity contribution in [3.63, 3.8) is 0 Å². The molecule has 8 aromatic carbocycles. The molecular formula is C50H33N3O. The lowest BCUT2D eigenvalue weighted by Gasteiger charge is -2.39. The summed E-state index contributed by atoms with van der Waals surface area (Å²) >= 11 is 0. The molecule has 0 saturated heterocycles.